The summed E-state index contributed by atoms with van der Waals surface area (Å²) in [6.07, 6.45) is -0.0450. The van der Waals surface area contributed by atoms with E-state index in [4.69, 9.17) is 25.8 Å². The first-order chi connectivity index (χ1) is 13.1. The molecule has 0 bridgehead atoms. The largest absolute Gasteiger partial charge is 0.462 e. The molecule has 0 spiro atoms. The molecule has 8 heteroatoms. The summed E-state index contributed by atoms with van der Waals surface area (Å²) < 4.78 is 16.3. The van der Waals surface area contributed by atoms with Crippen LogP contribution in [0, 0.1) is 23.7 Å². The van der Waals surface area contributed by atoms with Crippen molar-refractivity contribution >= 4 is 23.5 Å². The number of alkyl halides is 1. The highest BCUT2D eigenvalue weighted by molar-refractivity contribution is 6.18. The summed E-state index contributed by atoms with van der Waals surface area (Å²) in [7, 11) is 0. The van der Waals surface area contributed by atoms with Gasteiger partial charge in [0.05, 0.1) is 24.2 Å². The number of hydrogen-bond donors (Lipinski definition) is 2. The molecule has 28 heavy (non-hydrogen) atoms. The lowest BCUT2D eigenvalue weighted by molar-refractivity contribution is -0.208. The molecule has 1 aliphatic carbocycles. The van der Waals surface area contributed by atoms with Gasteiger partial charge in [0, 0.05) is 24.3 Å². The molecule has 0 amide bonds. The normalized spacial score (nSPS) is 32.0. The average Bonchev–Trinajstić information content (AvgIpc) is 2.85. The first-order valence-corrected chi connectivity index (χ1v) is 10.3. The SMILES string of the molecule is CC(C)CC(=O)OCC1=CO[C@@H](OC(=O)CC(C)C)[C@H]2C1C[C@H](O)[C@]2(O)CCl. The van der Waals surface area contributed by atoms with Crippen LogP contribution < -0.4 is 0 Å². The number of carbonyl (C=O) groups excluding carboxylic acids is 2. The Labute approximate surface area is 171 Å². The van der Waals surface area contributed by atoms with Crippen LogP contribution in [-0.4, -0.2) is 52.6 Å². The monoisotopic (exact) mass is 418 g/mol. The van der Waals surface area contributed by atoms with Gasteiger partial charge in [-0.3, -0.25) is 9.59 Å². The van der Waals surface area contributed by atoms with E-state index in [2.05, 4.69) is 0 Å². The molecule has 7 nitrogen and oxygen atoms in total. The van der Waals surface area contributed by atoms with E-state index in [1.54, 1.807) is 0 Å². The molecule has 0 saturated heterocycles. The average molecular weight is 419 g/mol. The summed E-state index contributed by atoms with van der Waals surface area (Å²) in [6.45, 7) is 7.62. The maximum Gasteiger partial charge on any atom is 0.309 e. The maximum absolute atomic E-state index is 12.1. The van der Waals surface area contributed by atoms with Crippen LogP contribution in [0.15, 0.2) is 11.8 Å². The number of rotatable bonds is 8. The Morgan fingerprint density at radius 2 is 1.86 bits per heavy atom. The van der Waals surface area contributed by atoms with Gasteiger partial charge in [-0.25, -0.2) is 0 Å². The minimum Gasteiger partial charge on any atom is -0.462 e. The highest BCUT2D eigenvalue weighted by atomic mass is 35.5. The number of aliphatic hydroxyl groups is 2. The van der Waals surface area contributed by atoms with Crippen LogP contribution in [-0.2, 0) is 23.8 Å². The Hall–Kier alpha value is -1.31. The third-order valence-corrected chi connectivity index (χ3v) is 5.63. The van der Waals surface area contributed by atoms with Crippen molar-refractivity contribution in [3.63, 3.8) is 0 Å². The third-order valence-electron chi connectivity index (χ3n) is 5.20. The van der Waals surface area contributed by atoms with Gasteiger partial charge < -0.3 is 24.4 Å². The Kier molecular flexibility index (Phi) is 7.76. The number of ether oxygens (including phenoxy) is 3. The van der Waals surface area contributed by atoms with E-state index < -0.39 is 29.9 Å². The van der Waals surface area contributed by atoms with Crippen LogP contribution in [0.4, 0.5) is 0 Å². The van der Waals surface area contributed by atoms with Crippen molar-refractivity contribution in [1.82, 2.24) is 0 Å². The molecule has 1 heterocycles. The fraction of sp³-hybridized carbons (Fsp3) is 0.800. The van der Waals surface area contributed by atoms with Gasteiger partial charge in [0.1, 0.15) is 12.2 Å². The first-order valence-electron chi connectivity index (χ1n) is 9.74. The fourth-order valence-electron chi connectivity index (χ4n) is 3.78. The highest BCUT2D eigenvalue weighted by Crippen LogP contribution is 2.49. The fourth-order valence-corrected chi connectivity index (χ4v) is 4.14. The molecular formula is C20H31ClO7. The smallest absolute Gasteiger partial charge is 0.309 e. The summed E-state index contributed by atoms with van der Waals surface area (Å²) in [5, 5.41) is 21.4. The maximum atomic E-state index is 12.1. The molecule has 160 valence electrons. The summed E-state index contributed by atoms with van der Waals surface area (Å²) >= 11 is 5.97. The quantitative estimate of drug-likeness (QED) is 0.460. The number of esters is 2. The first kappa shape index (κ1) is 23.0. The Bertz CT molecular complexity index is 603. The van der Waals surface area contributed by atoms with Crippen molar-refractivity contribution in [3.8, 4) is 0 Å². The van der Waals surface area contributed by atoms with Gasteiger partial charge in [-0.05, 0) is 18.3 Å². The van der Waals surface area contributed by atoms with Gasteiger partial charge in [-0.15, -0.1) is 11.6 Å². The molecule has 2 rings (SSSR count). The number of aliphatic hydroxyl groups excluding tert-OH is 1. The Balaban J connectivity index is 2.17. The molecule has 2 N–H and O–H groups in total. The van der Waals surface area contributed by atoms with Crippen molar-refractivity contribution in [1.29, 1.82) is 0 Å². The zero-order valence-electron chi connectivity index (χ0n) is 16.9. The lowest BCUT2D eigenvalue weighted by Crippen LogP contribution is -2.53. The van der Waals surface area contributed by atoms with Crippen LogP contribution >= 0.6 is 11.6 Å². The second-order valence-electron chi connectivity index (χ2n) is 8.55. The van der Waals surface area contributed by atoms with Crippen molar-refractivity contribution in [2.45, 2.75) is 65.0 Å². The summed E-state index contributed by atoms with van der Waals surface area (Å²) in [4.78, 5) is 24.0. The van der Waals surface area contributed by atoms with Crippen molar-refractivity contribution < 1.29 is 34.0 Å². The van der Waals surface area contributed by atoms with Gasteiger partial charge in [-0.2, -0.15) is 0 Å². The van der Waals surface area contributed by atoms with E-state index in [0.717, 1.165) is 0 Å². The number of halogens is 1. The molecule has 0 aromatic carbocycles. The minimum absolute atomic E-state index is 0.00946. The predicted molar refractivity (Wildman–Crippen MR) is 102 cm³/mol. The number of fused-ring (bicyclic) bond motifs is 1. The summed E-state index contributed by atoms with van der Waals surface area (Å²) in [5.41, 5.74) is -1.05. The molecule has 0 radical (unpaired) electrons. The molecule has 1 fully saturated rings. The van der Waals surface area contributed by atoms with Crippen LogP contribution in [0.2, 0.25) is 0 Å². The zero-order chi connectivity index (χ0) is 21.1. The van der Waals surface area contributed by atoms with Crippen LogP contribution in [0.5, 0.6) is 0 Å². The standard InChI is InChI=1S/C20H31ClO7/c1-11(2)5-16(23)26-8-13-9-27-19(28-17(24)6-12(3)4)18-14(13)7-15(22)20(18,25)10-21/h9,11-12,14-15,18-19,22,25H,5-8,10H2,1-4H3/t14?,15-,18+,19-,20+/m0/s1. The van der Waals surface area contributed by atoms with E-state index in [-0.39, 0.29) is 49.1 Å². The van der Waals surface area contributed by atoms with E-state index in [9.17, 15) is 19.8 Å². The van der Waals surface area contributed by atoms with E-state index in [1.165, 1.54) is 6.26 Å². The molecule has 0 aromatic rings. The second kappa shape index (κ2) is 9.46. The van der Waals surface area contributed by atoms with Crippen LogP contribution in [0.1, 0.15) is 47.0 Å². The van der Waals surface area contributed by atoms with Crippen molar-refractivity contribution in [3.05, 3.63) is 11.8 Å². The van der Waals surface area contributed by atoms with E-state index in [1.807, 2.05) is 27.7 Å². The van der Waals surface area contributed by atoms with Crippen LogP contribution in [0.25, 0.3) is 0 Å². The molecular weight excluding hydrogens is 388 g/mol. The van der Waals surface area contributed by atoms with E-state index in [0.29, 0.717) is 12.0 Å². The van der Waals surface area contributed by atoms with Crippen molar-refractivity contribution in [2.24, 2.45) is 23.7 Å². The van der Waals surface area contributed by atoms with Gasteiger partial charge in [-0.1, -0.05) is 27.7 Å². The van der Waals surface area contributed by atoms with Gasteiger partial charge in [0.15, 0.2) is 0 Å². The topological polar surface area (TPSA) is 102 Å². The second-order valence-corrected chi connectivity index (χ2v) is 8.82. The van der Waals surface area contributed by atoms with Gasteiger partial charge in [0.25, 0.3) is 0 Å². The number of carbonyl (C=O) groups is 2. The Morgan fingerprint density at radius 1 is 1.25 bits per heavy atom. The minimum atomic E-state index is -1.67. The Morgan fingerprint density at radius 3 is 2.43 bits per heavy atom. The molecule has 0 aromatic heterocycles. The third kappa shape index (κ3) is 5.19. The molecule has 1 unspecified atom stereocenters. The van der Waals surface area contributed by atoms with E-state index >= 15 is 0 Å². The lowest BCUT2D eigenvalue weighted by Gasteiger charge is -2.39. The van der Waals surface area contributed by atoms with Crippen molar-refractivity contribution in [2.75, 3.05) is 12.5 Å². The molecule has 1 saturated carbocycles. The number of hydrogen-bond acceptors (Lipinski definition) is 7. The zero-order valence-corrected chi connectivity index (χ0v) is 17.6. The van der Waals surface area contributed by atoms with Gasteiger partial charge >= 0.3 is 11.9 Å². The van der Waals surface area contributed by atoms with Crippen LogP contribution in [0.3, 0.4) is 0 Å². The molecule has 2 aliphatic rings. The summed E-state index contributed by atoms with van der Waals surface area (Å²) in [6, 6.07) is 0. The molecule has 5 atom stereocenters. The highest BCUT2D eigenvalue weighted by Gasteiger charge is 2.60. The lowest BCUT2D eigenvalue weighted by atomic mass is 9.81. The predicted octanol–water partition coefficient (Wildman–Crippen LogP) is 2.37. The molecule has 1 aliphatic heterocycles. The summed E-state index contributed by atoms with van der Waals surface area (Å²) in [5.74, 6) is -1.86. The van der Waals surface area contributed by atoms with Gasteiger partial charge in [0.2, 0.25) is 6.29 Å².